The summed E-state index contributed by atoms with van der Waals surface area (Å²) in [6.07, 6.45) is 0. The van der Waals surface area contributed by atoms with E-state index in [1.54, 1.807) is 34.1 Å². The molecule has 230 valence electrons. The van der Waals surface area contributed by atoms with Gasteiger partial charge in [-0.25, -0.2) is 0 Å². The first-order chi connectivity index (χ1) is 20.0. The van der Waals surface area contributed by atoms with E-state index < -0.39 is 11.0 Å². The molecule has 12 heteroatoms. The number of methoxy groups -OCH3 is 6. The van der Waals surface area contributed by atoms with Crippen LogP contribution in [0.2, 0.25) is 0 Å². The lowest BCUT2D eigenvalue weighted by Gasteiger charge is -2.56. The molecule has 1 heterocycles. The molecule has 0 N–H and O–H groups in total. The third kappa shape index (κ3) is 5.83. The van der Waals surface area contributed by atoms with Gasteiger partial charge in [0.05, 0.1) is 48.2 Å². The van der Waals surface area contributed by atoms with Crippen molar-refractivity contribution in [1.82, 2.24) is 9.80 Å². The fourth-order valence-electron chi connectivity index (χ4n) is 5.29. The number of carbonyl (C=O) groups excluding carboxylic acids is 3. The van der Waals surface area contributed by atoms with Crippen LogP contribution >= 0.6 is 0 Å². The van der Waals surface area contributed by atoms with Crippen LogP contribution in [0.5, 0.6) is 34.5 Å². The molecule has 0 bridgehead atoms. The standard InChI is InChI=1S/C30H40N2O10/c1-29(2,3)30(17-42-18-33)16-31(27(34)19-12-21(36-4)25(40-8)22(13-19)37-5)10-11-32(30)28(35)20-14-23(38-6)26(41-9)24(15-20)39-7/h12-15,18H,10-11,16-17H2,1-9H3. The maximum Gasteiger partial charge on any atom is 0.293 e. The molecule has 12 nitrogen and oxygen atoms in total. The number of ether oxygens (including phenoxy) is 7. The second-order valence-corrected chi connectivity index (χ2v) is 10.7. The van der Waals surface area contributed by atoms with Gasteiger partial charge in [-0.05, 0) is 29.7 Å². The van der Waals surface area contributed by atoms with Crippen molar-refractivity contribution >= 4 is 18.3 Å². The van der Waals surface area contributed by atoms with E-state index in [0.717, 1.165) is 0 Å². The average molecular weight is 589 g/mol. The molecule has 0 aliphatic carbocycles. The zero-order valence-electron chi connectivity index (χ0n) is 25.7. The summed E-state index contributed by atoms with van der Waals surface area (Å²) in [6, 6.07) is 6.31. The Bertz CT molecular complexity index is 1260. The Morgan fingerprint density at radius 3 is 1.52 bits per heavy atom. The smallest absolute Gasteiger partial charge is 0.293 e. The number of carbonyl (C=O) groups is 3. The molecule has 0 spiro atoms. The Morgan fingerprint density at radius 1 is 0.738 bits per heavy atom. The molecule has 3 rings (SSSR count). The quantitative estimate of drug-likeness (QED) is 0.362. The molecule has 1 atom stereocenters. The number of piperazine rings is 1. The van der Waals surface area contributed by atoms with E-state index in [0.29, 0.717) is 46.5 Å². The van der Waals surface area contributed by atoms with Crippen LogP contribution in [0.25, 0.3) is 0 Å². The molecule has 0 radical (unpaired) electrons. The fraction of sp³-hybridized carbons (Fsp3) is 0.500. The van der Waals surface area contributed by atoms with E-state index in [1.807, 2.05) is 20.8 Å². The van der Waals surface area contributed by atoms with Crippen molar-refractivity contribution in [2.24, 2.45) is 5.41 Å². The number of amides is 2. The lowest BCUT2D eigenvalue weighted by Crippen LogP contribution is -2.71. The molecule has 1 unspecified atom stereocenters. The number of rotatable bonds is 11. The minimum absolute atomic E-state index is 0.0794. The highest BCUT2D eigenvalue weighted by Crippen LogP contribution is 2.44. The summed E-state index contributed by atoms with van der Waals surface area (Å²) in [7, 11) is 8.85. The molecule has 0 aromatic heterocycles. The first-order valence-electron chi connectivity index (χ1n) is 13.2. The SMILES string of the molecule is COc1cc(C(=O)N2CCN(C(=O)c3cc(OC)c(OC)c(OC)c3)C(COC=O)(C(C)(C)C)C2)cc(OC)c1OC. The summed E-state index contributed by atoms with van der Waals surface area (Å²) in [5.41, 5.74) is -1.16. The molecule has 42 heavy (non-hydrogen) atoms. The van der Waals surface area contributed by atoms with Crippen LogP contribution in [0.3, 0.4) is 0 Å². The van der Waals surface area contributed by atoms with E-state index >= 15 is 0 Å². The first kappa shape index (κ1) is 32.2. The van der Waals surface area contributed by atoms with E-state index in [4.69, 9.17) is 33.2 Å². The summed E-state index contributed by atoms with van der Waals surface area (Å²) in [4.78, 5) is 42.9. The van der Waals surface area contributed by atoms with Crippen molar-refractivity contribution in [2.45, 2.75) is 26.3 Å². The molecule has 0 saturated carbocycles. The van der Waals surface area contributed by atoms with Crippen molar-refractivity contribution in [3.05, 3.63) is 35.4 Å². The van der Waals surface area contributed by atoms with Crippen LogP contribution in [0, 0.1) is 5.41 Å². The monoisotopic (exact) mass is 588 g/mol. The highest BCUT2D eigenvalue weighted by molar-refractivity contribution is 5.98. The molecule has 2 aromatic carbocycles. The van der Waals surface area contributed by atoms with Gasteiger partial charge in [0.25, 0.3) is 18.3 Å². The zero-order valence-corrected chi connectivity index (χ0v) is 25.7. The van der Waals surface area contributed by atoms with E-state index in [1.165, 1.54) is 42.7 Å². The number of nitrogens with zero attached hydrogens (tertiary/aromatic N) is 2. The summed E-state index contributed by atoms with van der Waals surface area (Å²) >= 11 is 0. The second kappa shape index (κ2) is 13.1. The van der Waals surface area contributed by atoms with E-state index in [-0.39, 0.29) is 43.6 Å². The van der Waals surface area contributed by atoms with Gasteiger partial charge in [-0.15, -0.1) is 0 Å². The van der Waals surface area contributed by atoms with Crippen LogP contribution in [0.1, 0.15) is 41.5 Å². The molecule has 1 saturated heterocycles. The van der Waals surface area contributed by atoms with Gasteiger partial charge in [-0.2, -0.15) is 0 Å². The molecule has 1 fully saturated rings. The molecule has 2 aromatic rings. The van der Waals surface area contributed by atoms with Crippen molar-refractivity contribution in [2.75, 3.05) is 68.9 Å². The highest BCUT2D eigenvalue weighted by Gasteiger charge is 2.54. The Labute approximate surface area is 246 Å². The van der Waals surface area contributed by atoms with E-state index in [2.05, 4.69) is 0 Å². The third-order valence-electron chi connectivity index (χ3n) is 7.70. The molecule has 1 aliphatic rings. The summed E-state index contributed by atoms with van der Waals surface area (Å²) in [5.74, 6) is 1.37. The Balaban J connectivity index is 2.10. The van der Waals surface area contributed by atoms with Crippen molar-refractivity contribution in [3.63, 3.8) is 0 Å². The normalized spacial score (nSPS) is 16.8. The predicted molar refractivity (Wildman–Crippen MR) is 153 cm³/mol. The second-order valence-electron chi connectivity index (χ2n) is 10.7. The van der Waals surface area contributed by atoms with Crippen molar-refractivity contribution in [3.8, 4) is 34.5 Å². The minimum Gasteiger partial charge on any atom is -0.493 e. The van der Waals surface area contributed by atoms with Gasteiger partial charge in [-0.3, -0.25) is 14.4 Å². The summed E-state index contributed by atoms with van der Waals surface area (Å²) in [5, 5.41) is 0. The average Bonchev–Trinajstić information content (AvgIpc) is 3.00. The number of benzene rings is 2. The van der Waals surface area contributed by atoms with Crippen LogP contribution in [-0.4, -0.2) is 103 Å². The zero-order chi connectivity index (χ0) is 31.2. The lowest BCUT2D eigenvalue weighted by atomic mass is 9.70. The number of hydrogen-bond acceptors (Lipinski definition) is 10. The van der Waals surface area contributed by atoms with Gasteiger partial charge in [0.2, 0.25) is 11.5 Å². The fourth-order valence-corrected chi connectivity index (χ4v) is 5.29. The van der Waals surface area contributed by atoms with E-state index in [9.17, 15) is 14.4 Å². The summed E-state index contributed by atoms with van der Waals surface area (Å²) < 4.78 is 38.0. The van der Waals surface area contributed by atoms with Crippen molar-refractivity contribution in [1.29, 1.82) is 0 Å². The predicted octanol–water partition coefficient (Wildman–Crippen LogP) is 3.29. The Kier molecular flexibility index (Phi) is 10.0. The minimum atomic E-state index is -1.11. The van der Waals surface area contributed by atoms with Crippen LogP contribution in [0.4, 0.5) is 0 Å². The Morgan fingerprint density at radius 2 is 1.17 bits per heavy atom. The van der Waals surface area contributed by atoms with Gasteiger partial charge in [0.15, 0.2) is 23.0 Å². The molecule has 1 aliphatic heterocycles. The van der Waals surface area contributed by atoms with Gasteiger partial charge in [0.1, 0.15) is 6.61 Å². The first-order valence-corrected chi connectivity index (χ1v) is 13.2. The topological polar surface area (TPSA) is 122 Å². The Hall–Kier alpha value is -4.35. The molecule has 2 amide bonds. The van der Waals surface area contributed by atoms with Gasteiger partial charge in [0, 0.05) is 30.8 Å². The van der Waals surface area contributed by atoms with Gasteiger partial charge < -0.3 is 43.0 Å². The molecular formula is C30H40N2O10. The maximum absolute atomic E-state index is 14.2. The van der Waals surface area contributed by atoms with Gasteiger partial charge in [-0.1, -0.05) is 20.8 Å². The summed E-state index contributed by atoms with van der Waals surface area (Å²) in [6.45, 7) is 6.45. The maximum atomic E-state index is 14.2. The van der Waals surface area contributed by atoms with Crippen LogP contribution in [0.15, 0.2) is 24.3 Å². The lowest BCUT2D eigenvalue weighted by molar-refractivity contribution is -0.139. The van der Waals surface area contributed by atoms with Crippen LogP contribution in [-0.2, 0) is 9.53 Å². The van der Waals surface area contributed by atoms with Crippen LogP contribution < -0.4 is 28.4 Å². The third-order valence-corrected chi connectivity index (χ3v) is 7.70. The van der Waals surface area contributed by atoms with Gasteiger partial charge >= 0.3 is 0 Å². The largest absolute Gasteiger partial charge is 0.493 e. The highest BCUT2D eigenvalue weighted by atomic mass is 16.5. The molecular weight excluding hydrogens is 548 g/mol. The van der Waals surface area contributed by atoms with Crippen molar-refractivity contribution < 1.29 is 47.5 Å². The number of hydrogen-bond donors (Lipinski definition) is 0.